The summed E-state index contributed by atoms with van der Waals surface area (Å²) in [4.78, 5) is 0. The molecule has 0 heterocycles. The molecule has 0 N–H and O–H groups in total. The van der Waals surface area contributed by atoms with Gasteiger partial charge in [-0.05, 0) is 19.1 Å². The summed E-state index contributed by atoms with van der Waals surface area (Å²) in [5.74, 6) is 0.721. The van der Waals surface area contributed by atoms with Gasteiger partial charge in [-0.3, -0.25) is 0 Å². The van der Waals surface area contributed by atoms with Crippen molar-refractivity contribution in [1.29, 1.82) is 0 Å². The van der Waals surface area contributed by atoms with E-state index in [4.69, 9.17) is 4.74 Å². The molecule has 0 saturated heterocycles. The molecule has 0 saturated carbocycles. The molecular formula is C10H11BrO. The first kappa shape index (κ1) is 9.33. The third-order valence-electron chi connectivity index (χ3n) is 1.47. The summed E-state index contributed by atoms with van der Waals surface area (Å²) in [7, 11) is 0. The predicted molar refractivity (Wildman–Crippen MR) is 54.8 cm³/mol. The summed E-state index contributed by atoms with van der Waals surface area (Å²) < 4.78 is 6.31. The molecule has 0 aliphatic rings. The average molecular weight is 227 g/mol. The van der Waals surface area contributed by atoms with Gasteiger partial charge in [0.05, 0.1) is 6.61 Å². The van der Waals surface area contributed by atoms with Gasteiger partial charge in [0, 0.05) is 10.0 Å². The number of rotatable bonds is 3. The van der Waals surface area contributed by atoms with Crippen molar-refractivity contribution >= 4 is 21.7 Å². The second kappa shape index (κ2) is 4.31. The van der Waals surface area contributed by atoms with Gasteiger partial charge in [-0.25, -0.2) is 0 Å². The normalized spacial score (nSPS) is 9.50. The average Bonchev–Trinajstić information content (AvgIpc) is 2.05. The summed E-state index contributed by atoms with van der Waals surface area (Å²) in [5.41, 5.74) is 1.02. The van der Waals surface area contributed by atoms with E-state index in [1.165, 1.54) is 0 Å². The van der Waals surface area contributed by atoms with Gasteiger partial charge < -0.3 is 4.74 Å². The molecule has 1 rings (SSSR count). The topological polar surface area (TPSA) is 9.23 Å². The van der Waals surface area contributed by atoms with Crippen molar-refractivity contribution in [3.8, 4) is 0 Å². The van der Waals surface area contributed by atoms with Crippen LogP contribution in [0.15, 0.2) is 35.3 Å². The fourth-order valence-corrected chi connectivity index (χ4v) is 1.32. The lowest BCUT2D eigenvalue weighted by atomic mass is 10.2. The maximum atomic E-state index is 5.27. The number of hydrogen-bond acceptors (Lipinski definition) is 1. The van der Waals surface area contributed by atoms with E-state index in [1.807, 2.05) is 31.2 Å². The molecule has 0 radical (unpaired) electrons. The van der Waals surface area contributed by atoms with Crippen LogP contribution in [-0.2, 0) is 4.74 Å². The summed E-state index contributed by atoms with van der Waals surface area (Å²) in [6.45, 7) is 6.42. The van der Waals surface area contributed by atoms with Gasteiger partial charge in [-0.2, -0.15) is 0 Å². The maximum Gasteiger partial charge on any atom is 0.119 e. The van der Waals surface area contributed by atoms with Gasteiger partial charge in [0.15, 0.2) is 0 Å². The minimum absolute atomic E-state index is 0.658. The zero-order valence-electron chi connectivity index (χ0n) is 7.01. The minimum Gasteiger partial charge on any atom is -0.494 e. The SMILES string of the molecule is C=C(OCC)c1cccc(Br)c1. The fraction of sp³-hybridized carbons (Fsp3) is 0.200. The Kier molecular flexibility index (Phi) is 3.35. The highest BCUT2D eigenvalue weighted by Crippen LogP contribution is 2.18. The van der Waals surface area contributed by atoms with Crippen LogP contribution in [0.25, 0.3) is 5.76 Å². The van der Waals surface area contributed by atoms with Crippen LogP contribution in [-0.4, -0.2) is 6.61 Å². The number of halogens is 1. The molecule has 2 heteroatoms. The Morgan fingerprint density at radius 2 is 2.33 bits per heavy atom. The fourth-order valence-electron chi connectivity index (χ4n) is 0.919. The van der Waals surface area contributed by atoms with Crippen LogP contribution in [0, 0.1) is 0 Å². The van der Waals surface area contributed by atoms with Gasteiger partial charge in [0.1, 0.15) is 5.76 Å². The van der Waals surface area contributed by atoms with Crippen LogP contribution in [0.4, 0.5) is 0 Å². The lowest BCUT2D eigenvalue weighted by molar-refractivity contribution is 0.299. The molecule has 0 bridgehead atoms. The van der Waals surface area contributed by atoms with Crippen molar-refractivity contribution in [2.45, 2.75) is 6.92 Å². The highest BCUT2D eigenvalue weighted by Gasteiger charge is 1.98. The Labute approximate surface area is 81.2 Å². The Hall–Kier alpha value is -0.760. The first-order valence-electron chi connectivity index (χ1n) is 3.81. The highest BCUT2D eigenvalue weighted by molar-refractivity contribution is 9.10. The third kappa shape index (κ3) is 2.38. The monoisotopic (exact) mass is 226 g/mol. The zero-order valence-corrected chi connectivity index (χ0v) is 8.60. The molecule has 0 aliphatic carbocycles. The van der Waals surface area contributed by atoms with E-state index in [9.17, 15) is 0 Å². The number of hydrogen-bond donors (Lipinski definition) is 0. The van der Waals surface area contributed by atoms with Crippen molar-refractivity contribution in [1.82, 2.24) is 0 Å². The van der Waals surface area contributed by atoms with Crippen molar-refractivity contribution < 1.29 is 4.74 Å². The number of benzene rings is 1. The Bertz CT molecular complexity index is 281. The summed E-state index contributed by atoms with van der Waals surface area (Å²) >= 11 is 3.38. The van der Waals surface area contributed by atoms with Crippen LogP contribution in [0.3, 0.4) is 0 Å². The zero-order chi connectivity index (χ0) is 8.97. The molecule has 0 atom stereocenters. The molecule has 64 valence electrons. The van der Waals surface area contributed by atoms with E-state index in [-0.39, 0.29) is 0 Å². The summed E-state index contributed by atoms with van der Waals surface area (Å²) in [6.07, 6.45) is 0. The standard InChI is InChI=1S/C10H11BrO/c1-3-12-8(2)9-5-4-6-10(11)7-9/h4-7H,2-3H2,1H3. The Morgan fingerprint density at radius 3 is 2.92 bits per heavy atom. The lowest BCUT2D eigenvalue weighted by Crippen LogP contribution is -1.89. The molecule has 0 spiro atoms. The molecule has 1 aromatic rings. The van der Waals surface area contributed by atoms with Crippen LogP contribution in [0.1, 0.15) is 12.5 Å². The van der Waals surface area contributed by atoms with Crippen LogP contribution < -0.4 is 0 Å². The first-order chi connectivity index (χ1) is 5.74. The summed E-state index contributed by atoms with van der Waals surface area (Å²) in [5, 5.41) is 0. The molecule has 0 aromatic heterocycles. The Balaban J connectivity index is 2.81. The molecule has 0 fully saturated rings. The second-order valence-electron chi connectivity index (χ2n) is 2.37. The summed E-state index contributed by atoms with van der Waals surface area (Å²) in [6, 6.07) is 7.90. The lowest BCUT2D eigenvalue weighted by Gasteiger charge is -2.06. The van der Waals surface area contributed by atoms with E-state index in [0.717, 1.165) is 15.8 Å². The Morgan fingerprint density at radius 1 is 1.58 bits per heavy atom. The van der Waals surface area contributed by atoms with Crippen molar-refractivity contribution in [3.63, 3.8) is 0 Å². The first-order valence-corrected chi connectivity index (χ1v) is 4.61. The van der Waals surface area contributed by atoms with Gasteiger partial charge >= 0.3 is 0 Å². The highest BCUT2D eigenvalue weighted by atomic mass is 79.9. The van der Waals surface area contributed by atoms with Crippen LogP contribution in [0.2, 0.25) is 0 Å². The maximum absolute atomic E-state index is 5.27. The molecular weight excluding hydrogens is 216 g/mol. The van der Waals surface area contributed by atoms with Crippen molar-refractivity contribution in [2.75, 3.05) is 6.61 Å². The van der Waals surface area contributed by atoms with Crippen LogP contribution in [0.5, 0.6) is 0 Å². The minimum atomic E-state index is 0.658. The quantitative estimate of drug-likeness (QED) is 0.718. The van der Waals surface area contributed by atoms with Crippen molar-refractivity contribution in [3.05, 3.63) is 40.9 Å². The van der Waals surface area contributed by atoms with Gasteiger partial charge in [-0.15, -0.1) is 0 Å². The van der Waals surface area contributed by atoms with Crippen molar-refractivity contribution in [2.24, 2.45) is 0 Å². The van der Waals surface area contributed by atoms with E-state index in [0.29, 0.717) is 6.61 Å². The van der Waals surface area contributed by atoms with E-state index < -0.39 is 0 Å². The van der Waals surface area contributed by atoms with Crippen LogP contribution >= 0.6 is 15.9 Å². The van der Waals surface area contributed by atoms with E-state index in [2.05, 4.69) is 22.5 Å². The molecule has 12 heavy (non-hydrogen) atoms. The molecule has 0 amide bonds. The van der Waals surface area contributed by atoms with E-state index >= 15 is 0 Å². The van der Waals surface area contributed by atoms with Gasteiger partial charge in [0.2, 0.25) is 0 Å². The molecule has 0 unspecified atom stereocenters. The van der Waals surface area contributed by atoms with E-state index in [1.54, 1.807) is 0 Å². The predicted octanol–water partition coefficient (Wildman–Crippen LogP) is 3.46. The number of ether oxygens (including phenoxy) is 1. The molecule has 1 nitrogen and oxygen atoms in total. The van der Waals surface area contributed by atoms with Gasteiger partial charge in [0.25, 0.3) is 0 Å². The smallest absolute Gasteiger partial charge is 0.119 e. The molecule has 0 aliphatic heterocycles. The molecule has 1 aromatic carbocycles. The largest absolute Gasteiger partial charge is 0.494 e. The van der Waals surface area contributed by atoms with Gasteiger partial charge in [-0.1, -0.05) is 34.6 Å². The third-order valence-corrected chi connectivity index (χ3v) is 1.96. The second-order valence-corrected chi connectivity index (χ2v) is 3.28.